The molecule has 6 heteroatoms. The van der Waals surface area contributed by atoms with Gasteiger partial charge in [0.25, 0.3) is 0 Å². The summed E-state index contributed by atoms with van der Waals surface area (Å²) in [5, 5.41) is 0. The summed E-state index contributed by atoms with van der Waals surface area (Å²) in [6.07, 6.45) is 0. The predicted molar refractivity (Wildman–Crippen MR) is 98.2 cm³/mol. The molecule has 0 spiro atoms. The van der Waals surface area contributed by atoms with Crippen molar-refractivity contribution in [3.63, 3.8) is 0 Å². The van der Waals surface area contributed by atoms with E-state index in [1.54, 1.807) is 25.3 Å². The van der Waals surface area contributed by atoms with Crippen LogP contribution in [-0.2, 0) is 4.79 Å². The predicted octanol–water partition coefficient (Wildman–Crippen LogP) is 4.16. The van der Waals surface area contributed by atoms with Crippen molar-refractivity contribution in [2.45, 2.75) is 4.58 Å². The van der Waals surface area contributed by atoms with Crippen LogP contribution in [0.1, 0.15) is 10.1 Å². The van der Waals surface area contributed by atoms with Crippen LogP contribution in [0.3, 0.4) is 0 Å². The highest BCUT2D eigenvalue weighted by Gasteiger charge is 2.20. The molecule has 1 saturated heterocycles. The summed E-state index contributed by atoms with van der Waals surface area (Å²) in [5.41, 5.74) is 1.18. The van der Waals surface area contributed by atoms with E-state index in [4.69, 9.17) is 14.2 Å². The second-order valence-corrected chi connectivity index (χ2v) is 7.78. The molecule has 2 aromatic carbocycles. The second kappa shape index (κ2) is 8.35. The average Bonchev–Trinajstić information content (AvgIpc) is 3.16. The molecule has 0 unspecified atom stereocenters. The van der Waals surface area contributed by atoms with E-state index < -0.39 is 5.97 Å². The molecule has 0 N–H and O–H groups in total. The fourth-order valence-corrected chi connectivity index (χ4v) is 5.12. The van der Waals surface area contributed by atoms with Crippen LogP contribution in [0.5, 0.6) is 17.2 Å². The minimum atomic E-state index is -0.463. The number of carbonyl (C=O) groups excluding carboxylic acids is 1. The van der Waals surface area contributed by atoms with E-state index in [1.807, 2.05) is 53.9 Å². The third-order valence-electron chi connectivity index (χ3n) is 3.41. The number of hydrogen-bond donors (Lipinski definition) is 0. The molecule has 4 nitrogen and oxygen atoms in total. The van der Waals surface area contributed by atoms with Crippen LogP contribution >= 0.6 is 23.5 Å². The zero-order chi connectivity index (χ0) is 16.8. The molecule has 24 heavy (non-hydrogen) atoms. The van der Waals surface area contributed by atoms with Crippen LogP contribution in [0, 0.1) is 0 Å². The van der Waals surface area contributed by atoms with Crippen molar-refractivity contribution in [3.05, 3.63) is 54.1 Å². The van der Waals surface area contributed by atoms with Gasteiger partial charge in [-0.15, -0.1) is 23.5 Å². The lowest BCUT2D eigenvalue weighted by atomic mass is 10.2. The van der Waals surface area contributed by atoms with E-state index in [1.165, 1.54) is 5.56 Å². The third kappa shape index (κ3) is 4.39. The number of rotatable bonds is 6. The lowest BCUT2D eigenvalue weighted by molar-refractivity contribution is -0.136. The first kappa shape index (κ1) is 17.0. The summed E-state index contributed by atoms with van der Waals surface area (Å²) in [6.45, 7) is -0.150. The van der Waals surface area contributed by atoms with Gasteiger partial charge in [-0.1, -0.05) is 24.3 Å². The molecule has 0 aliphatic carbocycles. The third-order valence-corrected chi connectivity index (χ3v) is 6.51. The Hall–Kier alpha value is -1.79. The van der Waals surface area contributed by atoms with Gasteiger partial charge in [0.05, 0.1) is 11.7 Å². The molecule has 0 aromatic heterocycles. The van der Waals surface area contributed by atoms with Crippen molar-refractivity contribution in [2.75, 3.05) is 25.2 Å². The number of esters is 1. The van der Waals surface area contributed by atoms with Gasteiger partial charge in [0, 0.05) is 11.5 Å². The van der Waals surface area contributed by atoms with Crippen molar-refractivity contribution < 1.29 is 19.0 Å². The van der Waals surface area contributed by atoms with Crippen molar-refractivity contribution in [1.29, 1.82) is 0 Å². The molecule has 0 amide bonds. The Morgan fingerprint density at radius 3 is 2.54 bits per heavy atom. The topological polar surface area (TPSA) is 44.8 Å². The first-order valence-electron chi connectivity index (χ1n) is 7.56. The van der Waals surface area contributed by atoms with E-state index in [0.717, 1.165) is 11.5 Å². The Balaban J connectivity index is 1.62. The van der Waals surface area contributed by atoms with E-state index in [-0.39, 0.29) is 6.61 Å². The molecule has 3 rings (SSSR count). The van der Waals surface area contributed by atoms with Gasteiger partial charge in [-0.25, -0.2) is 4.79 Å². The normalized spacial score (nSPS) is 14.4. The highest BCUT2D eigenvalue weighted by Crippen LogP contribution is 2.46. The van der Waals surface area contributed by atoms with E-state index >= 15 is 0 Å². The van der Waals surface area contributed by atoms with Crippen LogP contribution in [0.25, 0.3) is 0 Å². The molecule has 0 saturated carbocycles. The smallest absolute Gasteiger partial charge is 0.349 e. The Morgan fingerprint density at radius 1 is 1.08 bits per heavy atom. The summed E-state index contributed by atoms with van der Waals surface area (Å²) in [5.74, 6) is 3.46. The van der Waals surface area contributed by atoms with Gasteiger partial charge >= 0.3 is 5.97 Å². The van der Waals surface area contributed by atoms with Crippen molar-refractivity contribution in [1.82, 2.24) is 0 Å². The molecule has 1 aliphatic heterocycles. The Morgan fingerprint density at radius 2 is 1.83 bits per heavy atom. The van der Waals surface area contributed by atoms with Gasteiger partial charge < -0.3 is 14.2 Å². The van der Waals surface area contributed by atoms with Gasteiger partial charge in [-0.05, 0) is 29.8 Å². The minimum Gasteiger partial charge on any atom is -0.493 e. The summed E-state index contributed by atoms with van der Waals surface area (Å²) in [6, 6.07) is 14.9. The van der Waals surface area contributed by atoms with Crippen molar-refractivity contribution in [2.24, 2.45) is 0 Å². The number of thioether (sulfide) groups is 2. The maximum atomic E-state index is 12.0. The molecule has 1 heterocycles. The summed E-state index contributed by atoms with van der Waals surface area (Å²) < 4.78 is 16.6. The molecule has 1 aliphatic rings. The molecular weight excluding hydrogens is 344 g/mol. The fourth-order valence-electron chi connectivity index (χ4n) is 2.28. The van der Waals surface area contributed by atoms with Crippen LogP contribution in [0.15, 0.2) is 48.5 Å². The largest absolute Gasteiger partial charge is 0.493 e. The van der Waals surface area contributed by atoms with Gasteiger partial charge in [-0.3, -0.25) is 0 Å². The maximum absolute atomic E-state index is 12.0. The maximum Gasteiger partial charge on any atom is 0.349 e. The Bertz CT molecular complexity index is 685. The number of carbonyl (C=O) groups is 1. The van der Waals surface area contributed by atoms with Crippen LogP contribution in [0.2, 0.25) is 0 Å². The number of para-hydroxylation sites is 1. The van der Waals surface area contributed by atoms with Gasteiger partial charge in [0.2, 0.25) is 0 Å². The number of hydrogen-bond acceptors (Lipinski definition) is 6. The van der Waals surface area contributed by atoms with E-state index in [0.29, 0.717) is 21.8 Å². The molecule has 0 radical (unpaired) electrons. The second-order valence-electron chi connectivity index (χ2n) is 5.06. The SMILES string of the molecule is COc1cc(C2SCCS2)ccc1OC(=O)COc1ccccc1. The quantitative estimate of drug-likeness (QED) is 0.568. The minimum absolute atomic E-state index is 0.150. The van der Waals surface area contributed by atoms with Crippen LogP contribution < -0.4 is 14.2 Å². The molecule has 0 bridgehead atoms. The van der Waals surface area contributed by atoms with E-state index in [2.05, 4.69) is 0 Å². The Labute approximate surface area is 149 Å². The van der Waals surface area contributed by atoms with Gasteiger partial charge in [-0.2, -0.15) is 0 Å². The van der Waals surface area contributed by atoms with E-state index in [9.17, 15) is 4.79 Å². The fraction of sp³-hybridized carbons (Fsp3) is 0.278. The summed E-state index contributed by atoms with van der Waals surface area (Å²) >= 11 is 3.84. The summed E-state index contributed by atoms with van der Waals surface area (Å²) in [7, 11) is 1.58. The zero-order valence-corrected chi connectivity index (χ0v) is 14.9. The van der Waals surface area contributed by atoms with Gasteiger partial charge in [0.15, 0.2) is 18.1 Å². The first-order valence-corrected chi connectivity index (χ1v) is 9.65. The zero-order valence-electron chi connectivity index (χ0n) is 13.3. The average molecular weight is 362 g/mol. The first-order chi connectivity index (χ1) is 11.8. The molecule has 126 valence electrons. The highest BCUT2D eigenvalue weighted by atomic mass is 32.2. The van der Waals surface area contributed by atoms with Crippen molar-refractivity contribution >= 4 is 29.5 Å². The molecular formula is C18H18O4S2. The highest BCUT2D eigenvalue weighted by molar-refractivity contribution is 8.19. The standard InChI is InChI=1S/C18H18O4S2/c1-20-16-11-13(18-23-9-10-24-18)7-8-15(16)22-17(19)12-21-14-5-3-2-4-6-14/h2-8,11,18H,9-10,12H2,1H3. The lowest BCUT2D eigenvalue weighted by Crippen LogP contribution is -2.18. The number of methoxy groups -OCH3 is 1. The number of benzene rings is 2. The Kier molecular flexibility index (Phi) is 5.93. The molecule has 0 atom stereocenters. The van der Waals surface area contributed by atoms with Crippen LogP contribution in [0.4, 0.5) is 0 Å². The van der Waals surface area contributed by atoms with Crippen molar-refractivity contribution in [3.8, 4) is 17.2 Å². The molecule has 2 aromatic rings. The van der Waals surface area contributed by atoms with Crippen LogP contribution in [-0.4, -0.2) is 31.2 Å². The molecule has 1 fully saturated rings. The number of ether oxygens (including phenoxy) is 3. The lowest BCUT2D eigenvalue weighted by Gasteiger charge is -2.14. The van der Waals surface area contributed by atoms with Gasteiger partial charge in [0.1, 0.15) is 5.75 Å². The monoisotopic (exact) mass is 362 g/mol. The summed E-state index contributed by atoms with van der Waals surface area (Å²) in [4.78, 5) is 12.0.